The van der Waals surface area contributed by atoms with E-state index in [4.69, 9.17) is 10.3 Å². The molecule has 0 radical (unpaired) electrons. The second-order valence-electron chi connectivity index (χ2n) is 2.93. The van der Waals surface area contributed by atoms with Crippen molar-refractivity contribution < 1.29 is 4.42 Å². The summed E-state index contributed by atoms with van der Waals surface area (Å²) >= 11 is 0. The molecular formula is C9H15N3O. The van der Waals surface area contributed by atoms with E-state index in [-0.39, 0.29) is 0 Å². The Morgan fingerprint density at radius 2 is 1.92 bits per heavy atom. The van der Waals surface area contributed by atoms with Crippen LogP contribution in [0.3, 0.4) is 0 Å². The molecule has 0 amide bonds. The van der Waals surface area contributed by atoms with Crippen molar-refractivity contribution in [2.24, 2.45) is 10.8 Å². The highest BCUT2D eigenvalue weighted by molar-refractivity contribution is 6.00. The van der Waals surface area contributed by atoms with Crippen molar-refractivity contribution in [2.45, 2.75) is 20.8 Å². The van der Waals surface area contributed by atoms with Gasteiger partial charge < -0.3 is 9.84 Å². The molecule has 3 N–H and O–H groups in total. The van der Waals surface area contributed by atoms with E-state index in [0.717, 1.165) is 22.6 Å². The van der Waals surface area contributed by atoms with Crippen LogP contribution in [0.2, 0.25) is 0 Å². The van der Waals surface area contributed by atoms with Gasteiger partial charge in [-0.15, -0.1) is 0 Å². The summed E-state index contributed by atoms with van der Waals surface area (Å²) < 4.78 is 5.45. The molecule has 1 aromatic heterocycles. The molecule has 0 spiro atoms. The van der Waals surface area contributed by atoms with Gasteiger partial charge >= 0.3 is 0 Å². The Morgan fingerprint density at radius 1 is 1.31 bits per heavy atom. The summed E-state index contributed by atoms with van der Waals surface area (Å²) in [6.45, 7) is 5.82. The van der Waals surface area contributed by atoms with Gasteiger partial charge in [0.2, 0.25) is 0 Å². The molecule has 0 bridgehead atoms. The van der Waals surface area contributed by atoms with Crippen molar-refractivity contribution in [1.29, 1.82) is 0 Å². The molecule has 0 aliphatic carbocycles. The van der Waals surface area contributed by atoms with Crippen molar-refractivity contribution in [2.75, 3.05) is 7.05 Å². The summed E-state index contributed by atoms with van der Waals surface area (Å²) in [5, 5.41) is 0. The van der Waals surface area contributed by atoms with Crippen LogP contribution in [0, 0.1) is 20.8 Å². The third-order valence-corrected chi connectivity index (χ3v) is 2.16. The number of nitrogens with two attached hydrogens (primary N) is 1. The van der Waals surface area contributed by atoms with Gasteiger partial charge in [-0.1, -0.05) is 0 Å². The fraction of sp³-hybridized carbons (Fsp3) is 0.444. The molecule has 1 rings (SSSR count). The van der Waals surface area contributed by atoms with Crippen LogP contribution in [0.5, 0.6) is 0 Å². The number of nitrogens with zero attached hydrogens (tertiary/aromatic N) is 1. The lowest BCUT2D eigenvalue weighted by molar-refractivity contribution is 0.502. The molecule has 0 atom stereocenters. The van der Waals surface area contributed by atoms with Gasteiger partial charge in [-0.25, -0.2) is 5.84 Å². The largest absolute Gasteiger partial charge is 0.466 e. The first-order chi connectivity index (χ1) is 6.11. The van der Waals surface area contributed by atoms with Crippen LogP contribution in [0.15, 0.2) is 9.41 Å². The van der Waals surface area contributed by atoms with Crippen molar-refractivity contribution in [3.8, 4) is 0 Å². The van der Waals surface area contributed by atoms with Crippen molar-refractivity contribution in [3.63, 3.8) is 0 Å². The zero-order valence-electron chi connectivity index (χ0n) is 8.43. The quantitative estimate of drug-likeness (QED) is 0.294. The zero-order valence-corrected chi connectivity index (χ0v) is 8.43. The molecule has 0 aromatic carbocycles. The maximum atomic E-state index is 5.45. The minimum atomic E-state index is 0.659. The van der Waals surface area contributed by atoms with Crippen LogP contribution in [0.4, 0.5) is 0 Å². The van der Waals surface area contributed by atoms with Crippen LogP contribution >= 0.6 is 0 Å². The molecule has 1 aromatic rings. The summed E-state index contributed by atoms with van der Waals surface area (Å²) in [5.74, 6) is 7.75. The van der Waals surface area contributed by atoms with Crippen LogP contribution < -0.4 is 11.3 Å². The minimum absolute atomic E-state index is 0.659. The molecule has 0 unspecified atom stereocenters. The highest BCUT2D eigenvalue weighted by atomic mass is 16.3. The average molecular weight is 181 g/mol. The predicted octanol–water partition coefficient (Wildman–Crippen LogP) is 1.04. The SMILES string of the molecule is CN=C(NN)c1c(C)oc(C)c1C. The maximum absolute atomic E-state index is 5.45. The molecule has 72 valence electrons. The summed E-state index contributed by atoms with van der Waals surface area (Å²) in [7, 11) is 1.69. The Bertz CT molecular complexity index is 339. The third-order valence-electron chi connectivity index (χ3n) is 2.16. The third kappa shape index (κ3) is 1.58. The van der Waals surface area contributed by atoms with Crippen molar-refractivity contribution in [1.82, 2.24) is 5.43 Å². The molecule has 4 nitrogen and oxygen atoms in total. The summed E-state index contributed by atoms with van der Waals surface area (Å²) in [4.78, 5) is 4.03. The Labute approximate surface area is 77.8 Å². The number of amidine groups is 1. The second kappa shape index (κ2) is 3.62. The van der Waals surface area contributed by atoms with E-state index < -0.39 is 0 Å². The number of rotatable bonds is 1. The first kappa shape index (κ1) is 9.80. The topological polar surface area (TPSA) is 63.5 Å². The number of aliphatic imine (C=N–C) groups is 1. The van der Waals surface area contributed by atoms with Gasteiger partial charge in [0.25, 0.3) is 0 Å². The highest BCUT2D eigenvalue weighted by Crippen LogP contribution is 2.20. The number of hydrazine groups is 1. The van der Waals surface area contributed by atoms with E-state index in [0.29, 0.717) is 5.84 Å². The number of aryl methyl sites for hydroxylation is 2. The number of furan rings is 1. The average Bonchev–Trinajstić information content (AvgIpc) is 2.34. The van der Waals surface area contributed by atoms with Crippen LogP contribution in [0.25, 0.3) is 0 Å². The van der Waals surface area contributed by atoms with E-state index in [1.54, 1.807) is 7.05 Å². The summed E-state index contributed by atoms with van der Waals surface area (Å²) in [5.41, 5.74) is 4.59. The minimum Gasteiger partial charge on any atom is -0.466 e. The van der Waals surface area contributed by atoms with E-state index >= 15 is 0 Å². The van der Waals surface area contributed by atoms with Gasteiger partial charge in [0.1, 0.15) is 17.4 Å². The lowest BCUT2D eigenvalue weighted by atomic mass is 10.1. The molecule has 0 aliphatic heterocycles. The molecule has 0 saturated carbocycles. The Balaban J connectivity index is 3.28. The summed E-state index contributed by atoms with van der Waals surface area (Å²) in [6, 6.07) is 0. The van der Waals surface area contributed by atoms with Gasteiger partial charge in [0, 0.05) is 12.6 Å². The normalized spacial score (nSPS) is 11.9. The molecule has 0 fully saturated rings. The lowest BCUT2D eigenvalue weighted by Crippen LogP contribution is -2.31. The van der Waals surface area contributed by atoms with Gasteiger partial charge in [0.05, 0.1) is 5.56 Å². The number of nitrogens with one attached hydrogen (secondary N) is 1. The molecule has 13 heavy (non-hydrogen) atoms. The standard InChI is InChI=1S/C9H15N3O/c1-5-6(2)13-7(3)8(5)9(11-4)12-10/h10H2,1-4H3,(H,11,12). The molecule has 4 heteroatoms. The molecule has 0 aliphatic rings. The monoisotopic (exact) mass is 181 g/mol. The number of hydrogen-bond donors (Lipinski definition) is 2. The van der Waals surface area contributed by atoms with Gasteiger partial charge in [-0.05, 0) is 20.8 Å². The van der Waals surface area contributed by atoms with E-state index in [1.807, 2.05) is 20.8 Å². The highest BCUT2D eigenvalue weighted by Gasteiger charge is 2.14. The molecule has 1 heterocycles. The van der Waals surface area contributed by atoms with E-state index in [2.05, 4.69) is 10.4 Å². The van der Waals surface area contributed by atoms with Crippen molar-refractivity contribution >= 4 is 5.84 Å². The predicted molar refractivity (Wildman–Crippen MR) is 52.7 cm³/mol. The Kier molecular flexibility index (Phi) is 2.72. The second-order valence-corrected chi connectivity index (χ2v) is 2.93. The smallest absolute Gasteiger partial charge is 0.146 e. The van der Waals surface area contributed by atoms with Crippen molar-refractivity contribution in [3.05, 3.63) is 22.6 Å². The first-order valence-corrected chi connectivity index (χ1v) is 4.12. The van der Waals surface area contributed by atoms with Crippen LogP contribution in [-0.4, -0.2) is 12.9 Å². The zero-order chi connectivity index (χ0) is 10.0. The van der Waals surface area contributed by atoms with Gasteiger partial charge in [-0.2, -0.15) is 0 Å². The van der Waals surface area contributed by atoms with Crippen LogP contribution in [-0.2, 0) is 0 Å². The van der Waals surface area contributed by atoms with Gasteiger partial charge in [0.15, 0.2) is 0 Å². The Morgan fingerprint density at radius 3 is 2.23 bits per heavy atom. The van der Waals surface area contributed by atoms with Gasteiger partial charge in [-0.3, -0.25) is 4.99 Å². The maximum Gasteiger partial charge on any atom is 0.146 e. The number of hydrogen-bond acceptors (Lipinski definition) is 3. The lowest BCUT2D eigenvalue weighted by Gasteiger charge is -2.03. The van der Waals surface area contributed by atoms with Crippen LogP contribution in [0.1, 0.15) is 22.6 Å². The van der Waals surface area contributed by atoms with E-state index in [1.165, 1.54) is 0 Å². The summed E-state index contributed by atoms with van der Waals surface area (Å²) in [6.07, 6.45) is 0. The van der Waals surface area contributed by atoms with E-state index in [9.17, 15) is 0 Å². The molecule has 0 saturated heterocycles. The first-order valence-electron chi connectivity index (χ1n) is 4.12. The fourth-order valence-corrected chi connectivity index (χ4v) is 1.39. The Hall–Kier alpha value is -1.29. The molecular weight excluding hydrogens is 166 g/mol. The fourth-order valence-electron chi connectivity index (χ4n) is 1.39.